The van der Waals surface area contributed by atoms with Gasteiger partial charge in [-0.2, -0.15) is 0 Å². The molecule has 6 heteroatoms. The van der Waals surface area contributed by atoms with E-state index in [1.54, 1.807) is 12.1 Å². The van der Waals surface area contributed by atoms with Crippen molar-refractivity contribution in [1.29, 1.82) is 0 Å². The number of ketones is 1. The highest BCUT2D eigenvalue weighted by Gasteiger charge is 2.60. The van der Waals surface area contributed by atoms with Gasteiger partial charge in [0.2, 0.25) is 5.78 Å². The van der Waals surface area contributed by atoms with E-state index in [1.165, 1.54) is 30.6 Å². The minimum absolute atomic E-state index is 0.112. The molecular weight excluding hydrogens is 400 g/mol. The molecule has 2 atom stereocenters. The van der Waals surface area contributed by atoms with Gasteiger partial charge < -0.3 is 4.74 Å². The van der Waals surface area contributed by atoms with Gasteiger partial charge in [0, 0.05) is 4.32 Å². The molecule has 23 heavy (non-hydrogen) atoms. The van der Waals surface area contributed by atoms with Crippen LogP contribution in [0.15, 0.2) is 12.1 Å². The number of carbonyl (C=O) groups excluding carboxylic acids is 2. The first-order valence-electron chi connectivity index (χ1n) is 8.02. The summed E-state index contributed by atoms with van der Waals surface area (Å²) in [6.45, 7) is -0.179. The summed E-state index contributed by atoms with van der Waals surface area (Å²) in [7, 11) is 0. The zero-order valence-corrected chi connectivity index (χ0v) is 15.8. The van der Waals surface area contributed by atoms with Gasteiger partial charge in [-0.05, 0) is 62.5 Å². The van der Waals surface area contributed by atoms with Crippen molar-refractivity contribution in [1.82, 2.24) is 0 Å². The van der Waals surface area contributed by atoms with Crippen molar-refractivity contribution in [3.05, 3.63) is 21.3 Å². The molecule has 4 fully saturated rings. The van der Waals surface area contributed by atoms with E-state index < -0.39 is 0 Å². The molecule has 0 saturated heterocycles. The maximum Gasteiger partial charge on any atom is 0.312 e. The van der Waals surface area contributed by atoms with E-state index in [0.717, 1.165) is 19.3 Å². The Morgan fingerprint density at radius 2 is 1.96 bits per heavy atom. The van der Waals surface area contributed by atoms with Crippen molar-refractivity contribution < 1.29 is 14.3 Å². The Morgan fingerprint density at radius 1 is 1.26 bits per heavy atom. The SMILES string of the molecule is O=C(COC(=O)C12CC3CC(CC(Br)(C3)C1)C2)c1ccc(Cl)s1. The van der Waals surface area contributed by atoms with Crippen LogP contribution >= 0.6 is 38.9 Å². The van der Waals surface area contributed by atoms with E-state index >= 15 is 0 Å². The molecule has 124 valence electrons. The fraction of sp³-hybridized carbons (Fsp3) is 0.647. The average molecular weight is 418 g/mol. The highest BCUT2D eigenvalue weighted by atomic mass is 79.9. The van der Waals surface area contributed by atoms with Crippen molar-refractivity contribution in [2.24, 2.45) is 17.3 Å². The monoisotopic (exact) mass is 416 g/mol. The van der Waals surface area contributed by atoms with Gasteiger partial charge in [0.25, 0.3) is 0 Å². The van der Waals surface area contributed by atoms with Crippen molar-refractivity contribution in [2.45, 2.75) is 42.8 Å². The van der Waals surface area contributed by atoms with Gasteiger partial charge in [0.05, 0.1) is 14.6 Å². The molecule has 0 amide bonds. The Labute approximate surface area is 152 Å². The fourth-order valence-electron chi connectivity index (χ4n) is 5.21. The maximum atomic E-state index is 12.8. The van der Waals surface area contributed by atoms with E-state index in [0.29, 0.717) is 21.0 Å². The molecule has 5 rings (SSSR count). The standard InChI is InChI=1S/C17H18BrClO3S/c18-17-6-10-3-11(7-17)5-16(4-10,9-17)15(21)22-8-12(20)13-1-2-14(19)23-13/h1-2,10-11H,3-9H2. The van der Waals surface area contributed by atoms with Crippen molar-refractivity contribution >= 4 is 50.6 Å². The number of hydrogen-bond donors (Lipinski definition) is 0. The maximum absolute atomic E-state index is 12.8. The van der Waals surface area contributed by atoms with Crippen LogP contribution in [-0.4, -0.2) is 22.7 Å². The highest BCUT2D eigenvalue weighted by Crippen LogP contribution is 2.64. The molecule has 1 heterocycles. The van der Waals surface area contributed by atoms with Crippen LogP contribution in [0.25, 0.3) is 0 Å². The molecule has 1 aromatic heterocycles. The number of carbonyl (C=O) groups is 2. The Bertz CT molecular complexity index is 657. The molecule has 0 N–H and O–H groups in total. The molecular formula is C17H18BrClO3S. The third-order valence-electron chi connectivity index (χ3n) is 5.61. The van der Waals surface area contributed by atoms with E-state index in [9.17, 15) is 9.59 Å². The largest absolute Gasteiger partial charge is 0.457 e. The number of alkyl halides is 1. The lowest BCUT2D eigenvalue weighted by Crippen LogP contribution is -2.56. The number of ether oxygens (including phenoxy) is 1. The fourth-order valence-corrected chi connectivity index (χ4v) is 7.63. The van der Waals surface area contributed by atoms with Crippen LogP contribution in [0.4, 0.5) is 0 Å². The third-order valence-corrected chi connectivity index (χ3v) is 7.81. The summed E-state index contributed by atoms with van der Waals surface area (Å²) in [5.74, 6) is 0.893. The van der Waals surface area contributed by atoms with Crippen molar-refractivity contribution in [2.75, 3.05) is 6.61 Å². The molecule has 1 aromatic rings. The van der Waals surface area contributed by atoms with Gasteiger partial charge in [-0.25, -0.2) is 0 Å². The molecule has 0 aromatic carbocycles. The summed E-state index contributed by atoms with van der Waals surface area (Å²) in [5, 5.41) is 0. The summed E-state index contributed by atoms with van der Waals surface area (Å²) >= 11 is 11.0. The van der Waals surface area contributed by atoms with Crippen LogP contribution in [0.3, 0.4) is 0 Å². The second-order valence-corrected chi connectivity index (χ2v) is 10.9. The average Bonchev–Trinajstić information content (AvgIpc) is 2.88. The topological polar surface area (TPSA) is 43.4 Å². The van der Waals surface area contributed by atoms with Gasteiger partial charge in [0.1, 0.15) is 0 Å². The zero-order chi connectivity index (χ0) is 16.2. The Kier molecular flexibility index (Phi) is 3.90. The number of rotatable bonds is 4. The predicted octanol–water partition coefficient (Wildman–Crippen LogP) is 4.86. The van der Waals surface area contributed by atoms with Crippen molar-refractivity contribution in [3.8, 4) is 0 Å². The van der Waals surface area contributed by atoms with Crippen LogP contribution in [-0.2, 0) is 9.53 Å². The molecule has 0 radical (unpaired) electrons. The summed E-state index contributed by atoms with van der Waals surface area (Å²) in [6, 6.07) is 3.37. The summed E-state index contributed by atoms with van der Waals surface area (Å²) in [4.78, 5) is 25.4. The van der Waals surface area contributed by atoms with Gasteiger partial charge in [-0.15, -0.1) is 11.3 Å². The van der Waals surface area contributed by atoms with Gasteiger partial charge in [0.15, 0.2) is 6.61 Å². The first-order valence-corrected chi connectivity index (χ1v) is 10.0. The van der Waals surface area contributed by atoms with E-state index in [2.05, 4.69) is 15.9 Å². The van der Waals surface area contributed by atoms with E-state index in [-0.39, 0.29) is 28.1 Å². The van der Waals surface area contributed by atoms with Crippen LogP contribution in [0.2, 0.25) is 4.34 Å². The van der Waals surface area contributed by atoms with Crippen LogP contribution in [0.5, 0.6) is 0 Å². The molecule has 4 saturated carbocycles. The molecule has 4 aliphatic rings. The lowest BCUT2D eigenvalue weighted by atomic mass is 9.49. The molecule has 4 aliphatic carbocycles. The Hall–Kier alpha value is -0.390. The number of esters is 1. The first-order chi connectivity index (χ1) is 10.9. The number of Topliss-reactive ketones (excluding diaryl/α,β-unsaturated/α-hetero) is 1. The second-order valence-electron chi connectivity index (χ2n) is 7.50. The quantitative estimate of drug-likeness (QED) is 0.399. The molecule has 3 nitrogen and oxygen atoms in total. The second kappa shape index (κ2) is 5.57. The number of hydrogen-bond acceptors (Lipinski definition) is 4. The Balaban J connectivity index is 1.44. The summed E-state index contributed by atoms with van der Waals surface area (Å²) in [5.41, 5.74) is -0.374. The van der Waals surface area contributed by atoms with Crippen LogP contribution < -0.4 is 0 Å². The molecule has 0 spiro atoms. The van der Waals surface area contributed by atoms with E-state index in [1.807, 2.05) is 0 Å². The lowest BCUT2D eigenvalue weighted by Gasteiger charge is -2.58. The molecule has 2 unspecified atom stereocenters. The first kappa shape index (κ1) is 16.1. The predicted molar refractivity (Wildman–Crippen MR) is 93.4 cm³/mol. The zero-order valence-electron chi connectivity index (χ0n) is 12.6. The van der Waals surface area contributed by atoms with Gasteiger partial charge >= 0.3 is 5.97 Å². The van der Waals surface area contributed by atoms with Gasteiger partial charge in [-0.3, -0.25) is 9.59 Å². The third kappa shape index (κ3) is 2.89. The minimum atomic E-state index is -0.374. The minimum Gasteiger partial charge on any atom is -0.457 e. The highest BCUT2D eigenvalue weighted by molar-refractivity contribution is 9.10. The normalized spacial score (nSPS) is 37.8. The van der Waals surface area contributed by atoms with Crippen LogP contribution in [0.1, 0.15) is 48.2 Å². The number of thiophene rings is 1. The van der Waals surface area contributed by atoms with Crippen molar-refractivity contribution in [3.63, 3.8) is 0 Å². The van der Waals surface area contributed by atoms with E-state index in [4.69, 9.17) is 16.3 Å². The van der Waals surface area contributed by atoms with Gasteiger partial charge in [-0.1, -0.05) is 27.5 Å². The lowest BCUT2D eigenvalue weighted by molar-refractivity contribution is -0.168. The summed E-state index contributed by atoms with van der Waals surface area (Å²) in [6.07, 6.45) is 6.29. The number of halogens is 2. The summed E-state index contributed by atoms with van der Waals surface area (Å²) < 4.78 is 6.14. The van der Waals surface area contributed by atoms with Crippen LogP contribution in [0, 0.1) is 17.3 Å². The smallest absolute Gasteiger partial charge is 0.312 e. The molecule has 4 bridgehead atoms. The molecule has 0 aliphatic heterocycles. The Morgan fingerprint density at radius 3 is 2.52 bits per heavy atom.